The third kappa shape index (κ3) is 2.96. The van der Waals surface area contributed by atoms with Crippen LogP contribution in [-0.2, 0) is 4.79 Å². The number of carbonyl (C=O) groups is 1. The van der Waals surface area contributed by atoms with E-state index in [1.165, 1.54) is 0 Å². The van der Waals surface area contributed by atoms with E-state index in [0.717, 1.165) is 25.9 Å². The molecule has 82 valence electrons. The predicted molar refractivity (Wildman–Crippen MR) is 56.9 cm³/mol. The quantitative estimate of drug-likeness (QED) is 0.669. The molecular weight excluding hydrogens is 178 g/mol. The normalized spacial score (nSPS) is 23.9. The fourth-order valence-corrected chi connectivity index (χ4v) is 2.00. The lowest BCUT2D eigenvalue weighted by molar-refractivity contribution is -0.125. The highest BCUT2D eigenvalue weighted by molar-refractivity contribution is 5.81. The molecule has 14 heavy (non-hydrogen) atoms. The molecular formula is C10H21N3O. The van der Waals surface area contributed by atoms with Crippen molar-refractivity contribution < 1.29 is 4.79 Å². The second-order valence-corrected chi connectivity index (χ2v) is 4.73. The molecule has 1 amide bonds. The van der Waals surface area contributed by atoms with E-state index < -0.39 is 0 Å². The molecule has 0 aromatic rings. The Morgan fingerprint density at radius 1 is 1.64 bits per heavy atom. The number of rotatable bonds is 3. The van der Waals surface area contributed by atoms with Crippen LogP contribution in [0.1, 0.15) is 26.7 Å². The molecule has 0 aromatic carbocycles. The smallest absolute Gasteiger partial charge is 0.237 e. The fourth-order valence-electron chi connectivity index (χ4n) is 2.00. The van der Waals surface area contributed by atoms with Crippen LogP contribution in [0.5, 0.6) is 0 Å². The van der Waals surface area contributed by atoms with Crippen LogP contribution in [-0.4, -0.2) is 42.5 Å². The van der Waals surface area contributed by atoms with Gasteiger partial charge in [-0.1, -0.05) is 0 Å². The molecule has 1 heterocycles. The average molecular weight is 199 g/mol. The Morgan fingerprint density at radius 3 is 2.79 bits per heavy atom. The summed E-state index contributed by atoms with van der Waals surface area (Å²) in [4.78, 5) is 13.7. The summed E-state index contributed by atoms with van der Waals surface area (Å²) in [6, 6.07) is 0.0304. The molecule has 0 radical (unpaired) electrons. The van der Waals surface area contributed by atoms with E-state index in [1.807, 2.05) is 13.8 Å². The molecule has 3 N–H and O–H groups in total. The van der Waals surface area contributed by atoms with Gasteiger partial charge in [-0.05, 0) is 33.2 Å². The van der Waals surface area contributed by atoms with E-state index in [0.29, 0.717) is 0 Å². The van der Waals surface area contributed by atoms with Crippen LogP contribution >= 0.6 is 0 Å². The number of nitrogens with two attached hydrogens (primary N) is 1. The van der Waals surface area contributed by atoms with Crippen molar-refractivity contribution >= 4 is 5.91 Å². The topological polar surface area (TPSA) is 58.4 Å². The van der Waals surface area contributed by atoms with Gasteiger partial charge in [0.05, 0.1) is 6.04 Å². The van der Waals surface area contributed by atoms with Crippen LogP contribution < -0.4 is 11.1 Å². The van der Waals surface area contributed by atoms with E-state index in [4.69, 9.17) is 5.73 Å². The van der Waals surface area contributed by atoms with Crippen molar-refractivity contribution in [2.45, 2.75) is 38.3 Å². The first-order chi connectivity index (χ1) is 6.44. The summed E-state index contributed by atoms with van der Waals surface area (Å²) < 4.78 is 0. The minimum Gasteiger partial charge on any atom is -0.358 e. The van der Waals surface area contributed by atoms with Crippen LogP contribution in [0.25, 0.3) is 0 Å². The van der Waals surface area contributed by atoms with Gasteiger partial charge in [0.25, 0.3) is 0 Å². The number of hydrogen-bond acceptors (Lipinski definition) is 3. The first kappa shape index (κ1) is 11.5. The highest BCUT2D eigenvalue weighted by atomic mass is 16.2. The number of hydrogen-bond donors (Lipinski definition) is 2. The summed E-state index contributed by atoms with van der Waals surface area (Å²) in [6.45, 7) is 5.75. The van der Waals surface area contributed by atoms with Gasteiger partial charge in [-0.25, -0.2) is 0 Å². The summed E-state index contributed by atoms with van der Waals surface area (Å²) in [5, 5.41) is 2.70. The predicted octanol–water partition coefficient (Wildman–Crippen LogP) is -0.0659. The average Bonchev–Trinajstić information content (AvgIpc) is 2.48. The van der Waals surface area contributed by atoms with E-state index in [9.17, 15) is 4.79 Å². The van der Waals surface area contributed by atoms with Crippen molar-refractivity contribution in [2.24, 2.45) is 5.73 Å². The van der Waals surface area contributed by atoms with Gasteiger partial charge in [0.1, 0.15) is 0 Å². The zero-order valence-corrected chi connectivity index (χ0v) is 9.34. The third-order valence-electron chi connectivity index (χ3n) is 2.52. The third-order valence-corrected chi connectivity index (χ3v) is 2.52. The number of nitrogens with one attached hydrogen (secondary N) is 1. The zero-order valence-electron chi connectivity index (χ0n) is 9.34. The standard InChI is InChI=1S/C10H21N3O/c1-10(2,11)7-13-6-4-5-8(13)9(14)12-3/h8H,4-7,11H2,1-3H3,(H,12,14). The highest BCUT2D eigenvalue weighted by Gasteiger charge is 2.32. The Kier molecular flexibility index (Phi) is 3.50. The summed E-state index contributed by atoms with van der Waals surface area (Å²) >= 11 is 0. The van der Waals surface area contributed by atoms with Crippen LogP contribution in [0, 0.1) is 0 Å². The molecule has 4 nitrogen and oxygen atoms in total. The molecule has 1 fully saturated rings. The van der Waals surface area contributed by atoms with Crippen LogP contribution in [0.4, 0.5) is 0 Å². The molecule has 1 saturated heterocycles. The van der Waals surface area contributed by atoms with Gasteiger partial charge in [0.15, 0.2) is 0 Å². The monoisotopic (exact) mass is 199 g/mol. The maximum atomic E-state index is 11.5. The number of carbonyl (C=O) groups excluding carboxylic acids is 1. The van der Waals surface area contributed by atoms with Gasteiger partial charge in [-0.15, -0.1) is 0 Å². The van der Waals surface area contributed by atoms with Gasteiger partial charge in [0, 0.05) is 19.1 Å². The molecule has 4 heteroatoms. The number of likely N-dealkylation sites (N-methyl/N-ethyl adjacent to an activating group) is 1. The first-order valence-electron chi connectivity index (χ1n) is 5.18. The molecule has 0 saturated carbocycles. The van der Waals surface area contributed by atoms with Crippen molar-refractivity contribution in [3.05, 3.63) is 0 Å². The highest BCUT2D eigenvalue weighted by Crippen LogP contribution is 2.19. The summed E-state index contributed by atoms with van der Waals surface area (Å²) in [7, 11) is 1.69. The van der Waals surface area contributed by atoms with Crippen LogP contribution in [0.3, 0.4) is 0 Å². The first-order valence-corrected chi connectivity index (χ1v) is 5.18. The number of nitrogens with zero attached hydrogens (tertiary/aromatic N) is 1. The lowest BCUT2D eigenvalue weighted by Crippen LogP contribution is -2.50. The Morgan fingerprint density at radius 2 is 2.29 bits per heavy atom. The minimum absolute atomic E-state index is 0.0304. The molecule has 1 aliphatic heterocycles. The zero-order chi connectivity index (χ0) is 10.8. The van der Waals surface area contributed by atoms with Crippen LogP contribution in [0.15, 0.2) is 0 Å². The molecule has 1 rings (SSSR count). The Labute approximate surface area is 85.8 Å². The van der Waals surface area contributed by atoms with E-state index in [-0.39, 0.29) is 17.5 Å². The Hall–Kier alpha value is -0.610. The molecule has 0 spiro atoms. The van der Waals surface area contributed by atoms with Gasteiger partial charge < -0.3 is 11.1 Å². The minimum atomic E-state index is -0.226. The van der Waals surface area contributed by atoms with Crippen molar-refractivity contribution in [2.75, 3.05) is 20.1 Å². The summed E-state index contributed by atoms with van der Waals surface area (Å²) in [5.74, 6) is 0.117. The molecule has 1 atom stereocenters. The Bertz CT molecular complexity index is 210. The van der Waals surface area contributed by atoms with Gasteiger partial charge in [0.2, 0.25) is 5.91 Å². The maximum absolute atomic E-state index is 11.5. The summed E-state index contributed by atoms with van der Waals surface area (Å²) in [6.07, 6.45) is 2.05. The SMILES string of the molecule is CNC(=O)C1CCCN1CC(C)(C)N. The molecule has 1 aliphatic rings. The maximum Gasteiger partial charge on any atom is 0.237 e. The van der Waals surface area contributed by atoms with E-state index in [1.54, 1.807) is 7.05 Å². The van der Waals surface area contributed by atoms with Gasteiger partial charge >= 0.3 is 0 Å². The van der Waals surface area contributed by atoms with Crippen LogP contribution in [0.2, 0.25) is 0 Å². The lowest BCUT2D eigenvalue weighted by atomic mass is 10.1. The second-order valence-electron chi connectivity index (χ2n) is 4.73. The second kappa shape index (κ2) is 4.28. The lowest BCUT2D eigenvalue weighted by Gasteiger charge is -2.30. The van der Waals surface area contributed by atoms with E-state index in [2.05, 4.69) is 10.2 Å². The molecule has 0 aromatic heterocycles. The van der Waals surface area contributed by atoms with Crippen molar-refractivity contribution in [1.29, 1.82) is 0 Å². The summed E-state index contributed by atoms with van der Waals surface area (Å²) in [5.41, 5.74) is 5.72. The van der Waals surface area contributed by atoms with Gasteiger partial charge in [-0.3, -0.25) is 9.69 Å². The molecule has 1 unspecified atom stereocenters. The van der Waals surface area contributed by atoms with Gasteiger partial charge in [-0.2, -0.15) is 0 Å². The van der Waals surface area contributed by atoms with E-state index >= 15 is 0 Å². The van der Waals surface area contributed by atoms with Crippen molar-refractivity contribution in [3.8, 4) is 0 Å². The van der Waals surface area contributed by atoms with Crippen molar-refractivity contribution in [1.82, 2.24) is 10.2 Å². The fraction of sp³-hybridized carbons (Fsp3) is 0.900. The number of amides is 1. The molecule has 0 bridgehead atoms. The Balaban J connectivity index is 2.56. The number of likely N-dealkylation sites (tertiary alicyclic amines) is 1. The largest absolute Gasteiger partial charge is 0.358 e. The molecule has 0 aliphatic carbocycles. The van der Waals surface area contributed by atoms with Crippen molar-refractivity contribution in [3.63, 3.8) is 0 Å².